The molecule has 0 aromatic rings. The van der Waals surface area contributed by atoms with Gasteiger partial charge in [0.15, 0.2) is 0 Å². The van der Waals surface area contributed by atoms with Crippen LogP contribution >= 0.6 is 0 Å². The normalized spacial score (nSPS) is 31.5. The molecule has 0 saturated heterocycles. The van der Waals surface area contributed by atoms with Gasteiger partial charge in [-0.3, -0.25) is 4.18 Å². The molecule has 66 valence electrons. The lowest BCUT2D eigenvalue weighted by Crippen LogP contribution is -2.32. The quantitative estimate of drug-likeness (QED) is 0.609. The Labute approximate surface area is 67.9 Å². The average Bonchev–Trinajstić information content (AvgIpc) is 1.75. The lowest BCUT2D eigenvalue weighted by Gasteiger charge is -2.33. The fraction of sp³-hybridized carbons (Fsp3) is 1.00. The molecule has 0 spiro atoms. The highest BCUT2D eigenvalue weighted by Crippen LogP contribution is 2.32. The molecular formula is C7H14O3S. The Kier molecular flexibility index (Phi) is 2.54. The van der Waals surface area contributed by atoms with Crippen LogP contribution in [-0.4, -0.2) is 20.8 Å². The second-order valence-corrected chi connectivity index (χ2v) is 4.77. The highest BCUT2D eigenvalue weighted by Gasteiger charge is 2.30. The molecule has 4 heteroatoms. The van der Waals surface area contributed by atoms with E-state index in [4.69, 9.17) is 4.18 Å². The standard InChI is InChI=1S/C7H14O3S/c1-3-6-4-7(5-6)10-11(2,8)9/h6-7H,3-5H2,1-2H3/t6-,7-. The van der Waals surface area contributed by atoms with E-state index in [0.29, 0.717) is 5.92 Å². The van der Waals surface area contributed by atoms with E-state index in [1.54, 1.807) is 0 Å². The van der Waals surface area contributed by atoms with Crippen molar-refractivity contribution in [3.05, 3.63) is 0 Å². The number of hydrogen-bond donors (Lipinski definition) is 0. The molecule has 0 amide bonds. The van der Waals surface area contributed by atoms with Crippen molar-refractivity contribution in [3.63, 3.8) is 0 Å². The first-order chi connectivity index (χ1) is 5.01. The van der Waals surface area contributed by atoms with Crippen LogP contribution in [0.1, 0.15) is 26.2 Å². The van der Waals surface area contributed by atoms with E-state index in [-0.39, 0.29) is 6.10 Å². The van der Waals surface area contributed by atoms with E-state index < -0.39 is 10.1 Å². The maximum absolute atomic E-state index is 10.6. The number of hydrogen-bond acceptors (Lipinski definition) is 3. The van der Waals surface area contributed by atoms with Gasteiger partial charge in [0.2, 0.25) is 0 Å². The average molecular weight is 178 g/mol. The molecule has 0 N–H and O–H groups in total. The van der Waals surface area contributed by atoms with E-state index in [1.807, 2.05) is 0 Å². The highest BCUT2D eigenvalue weighted by atomic mass is 32.2. The third-order valence-corrected chi connectivity index (χ3v) is 2.70. The van der Waals surface area contributed by atoms with Crippen molar-refractivity contribution in [1.82, 2.24) is 0 Å². The van der Waals surface area contributed by atoms with Gasteiger partial charge in [-0.05, 0) is 18.8 Å². The minimum absolute atomic E-state index is 0.0325. The molecule has 11 heavy (non-hydrogen) atoms. The third kappa shape index (κ3) is 2.79. The summed E-state index contributed by atoms with van der Waals surface area (Å²) >= 11 is 0. The van der Waals surface area contributed by atoms with Gasteiger partial charge in [0, 0.05) is 0 Å². The van der Waals surface area contributed by atoms with Crippen molar-refractivity contribution < 1.29 is 12.6 Å². The van der Waals surface area contributed by atoms with Crippen molar-refractivity contribution in [3.8, 4) is 0 Å². The van der Waals surface area contributed by atoms with Gasteiger partial charge in [-0.1, -0.05) is 13.3 Å². The summed E-state index contributed by atoms with van der Waals surface area (Å²) in [6, 6.07) is 0. The SMILES string of the molecule is CC[C@H]1C[C@H](OS(C)(=O)=O)C1. The van der Waals surface area contributed by atoms with Gasteiger partial charge in [0.1, 0.15) is 0 Å². The van der Waals surface area contributed by atoms with Crippen molar-refractivity contribution >= 4 is 10.1 Å². The molecule has 0 aromatic heterocycles. The van der Waals surface area contributed by atoms with Crippen LogP contribution in [0, 0.1) is 5.92 Å². The summed E-state index contributed by atoms with van der Waals surface area (Å²) in [7, 11) is -3.22. The molecule has 1 aliphatic rings. The summed E-state index contributed by atoms with van der Waals surface area (Å²) in [6.45, 7) is 2.11. The Bertz CT molecular complexity index is 214. The van der Waals surface area contributed by atoms with Crippen LogP contribution in [0.3, 0.4) is 0 Å². The lowest BCUT2D eigenvalue weighted by molar-refractivity contribution is 0.0700. The molecule has 1 rings (SSSR count). The second kappa shape index (κ2) is 3.11. The molecule has 1 aliphatic carbocycles. The van der Waals surface area contributed by atoms with E-state index >= 15 is 0 Å². The van der Waals surface area contributed by atoms with E-state index in [9.17, 15) is 8.42 Å². The molecule has 0 aliphatic heterocycles. The van der Waals surface area contributed by atoms with Crippen LogP contribution in [-0.2, 0) is 14.3 Å². The smallest absolute Gasteiger partial charge is 0.264 e. The molecule has 0 bridgehead atoms. The minimum atomic E-state index is -3.22. The third-order valence-electron chi connectivity index (χ3n) is 2.08. The zero-order valence-corrected chi connectivity index (χ0v) is 7.73. The van der Waals surface area contributed by atoms with Crippen molar-refractivity contribution in [1.29, 1.82) is 0 Å². The molecule has 0 aromatic carbocycles. The van der Waals surface area contributed by atoms with Crippen LogP contribution in [0.2, 0.25) is 0 Å². The van der Waals surface area contributed by atoms with Crippen LogP contribution < -0.4 is 0 Å². The van der Waals surface area contributed by atoms with E-state index in [0.717, 1.165) is 25.5 Å². The molecule has 0 heterocycles. The van der Waals surface area contributed by atoms with Crippen molar-refractivity contribution in [2.24, 2.45) is 5.92 Å². The molecule has 0 atom stereocenters. The van der Waals surface area contributed by atoms with Gasteiger partial charge in [0.25, 0.3) is 10.1 Å². The van der Waals surface area contributed by atoms with Gasteiger partial charge in [-0.2, -0.15) is 8.42 Å². The summed E-state index contributed by atoms with van der Waals surface area (Å²) < 4.78 is 26.0. The molecule has 1 fully saturated rings. The van der Waals surface area contributed by atoms with Crippen molar-refractivity contribution in [2.75, 3.05) is 6.26 Å². The topological polar surface area (TPSA) is 43.4 Å². The van der Waals surface area contributed by atoms with Crippen LogP contribution in [0.25, 0.3) is 0 Å². The minimum Gasteiger partial charge on any atom is -0.267 e. The highest BCUT2D eigenvalue weighted by molar-refractivity contribution is 7.86. The molecule has 0 radical (unpaired) electrons. The summed E-state index contributed by atoms with van der Waals surface area (Å²) in [4.78, 5) is 0. The first kappa shape index (κ1) is 9.00. The van der Waals surface area contributed by atoms with E-state index in [1.165, 1.54) is 0 Å². The molecule has 0 unspecified atom stereocenters. The van der Waals surface area contributed by atoms with Gasteiger partial charge >= 0.3 is 0 Å². The predicted molar refractivity (Wildman–Crippen MR) is 42.7 cm³/mol. The summed E-state index contributed by atoms with van der Waals surface area (Å²) in [5.41, 5.74) is 0. The maximum Gasteiger partial charge on any atom is 0.264 e. The molecule has 1 saturated carbocycles. The predicted octanol–water partition coefficient (Wildman–Crippen LogP) is 1.15. The first-order valence-corrected chi connectivity index (χ1v) is 5.71. The molecule has 3 nitrogen and oxygen atoms in total. The fourth-order valence-corrected chi connectivity index (χ4v) is 1.99. The van der Waals surface area contributed by atoms with Crippen LogP contribution in [0.5, 0.6) is 0 Å². The van der Waals surface area contributed by atoms with Gasteiger partial charge in [0.05, 0.1) is 12.4 Å². The Balaban J connectivity index is 2.24. The zero-order chi connectivity index (χ0) is 8.48. The van der Waals surface area contributed by atoms with Crippen LogP contribution in [0.4, 0.5) is 0 Å². The Morgan fingerprint density at radius 1 is 1.45 bits per heavy atom. The zero-order valence-electron chi connectivity index (χ0n) is 6.91. The largest absolute Gasteiger partial charge is 0.267 e. The number of rotatable bonds is 3. The fourth-order valence-electron chi connectivity index (χ4n) is 1.33. The van der Waals surface area contributed by atoms with Gasteiger partial charge in [-0.25, -0.2) is 0 Å². The van der Waals surface area contributed by atoms with Gasteiger partial charge in [-0.15, -0.1) is 0 Å². The van der Waals surface area contributed by atoms with Crippen molar-refractivity contribution in [2.45, 2.75) is 32.3 Å². The summed E-state index contributed by atoms with van der Waals surface area (Å²) in [5.74, 6) is 0.682. The Morgan fingerprint density at radius 2 is 2.00 bits per heavy atom. The van der Waals surface area contributed by atoms with Crippen LogP contribution in [0.15, 0.2) is 0 Å². The Morgan fingerprint density at radius 3 is 2.36 bits per heavy atom. The first-order valence-electron chi connectivity index (χ1n) is 3.89. The van der Waals surface area contributed by atoms with Gasteiger partial charge < -0.3 is 0 Å². The Hall–Kier alpha value is -0.0900. The summed E-state index contributed by atoms with van der Waals surface area (Å²) in [6.07, 6.45) is 4.01. The second-order valence-electron chi connectivity index (χ2n) is 3.17. The monoisotopic (exact) mass is 178 g/mol. The maximum atomic E-state index is 10.6. The summed E-state index contributed by atoms with van der Waals surface area (Å²) in [5, 5.41) is 0. The lowest BCUT2D eigenvalue weighted by atomic mass is 9.81. The molecular weight excluding hydrogens is 164 g/mol. The van der Waals surface area contributed by atoms with E-state index in [2.05, 4.69) is 6.92 Å².